The van der Waals surface area contributed by atoms with Crippen molar-refractivity contribution in [1.29, 1.82) is 5.41 Å². The van der Waals surface area contributed by atoms with Crippen molar-refractivity contribution in [3.8, 4) is 0 Å². The van der Waals surface area contributed by atoms with Gasteiger partial charge in [-0.25, -0.2) is 0 Å². The van der Waals surface area contributed by atoms with Gasteiger partial charge in [0, 0.05) is 25.3 Å². The molecule has 0 aromatic heterocycles. The SMILES string of the molecule is C=C(C)C=CC(=N)CN(CC)CCN. The van der Waals surface area contributed by atoms with E-state index < -0.39 is 0 Å². The number of likely N-dealkylation sites (N-methyl/N-ethyl adjacent to an activating group) is 1. The summed E-state index contributed by atoms with van der Waals surface area (Å²) in [5.74, 6) is 0. The molecule has 0 aromatic carbocycles. The number of rotatable bonds is 7. The fourth-order valence-corrected chi connectivity index (χ4v) is 1.07. The highest BCUT2D eigenvalue weighted by molar-refractivity contribution is 5.94. The highest BCUT2D eigenvalue weighted by Gasteiger charge is 2.01. The fraction of sp³-hybridized carbons (Fsp3) is 0.545. The summed E-state index contributed by atoms with van der Waals surface area (Å²) in [6.07, 6.45) is 3.65. The third kappa shape index (κ3) is 6.57. The first-order chi connectivity index (χ1) is 6.60. The lowest BCUT2D eigenvalue weighted by Crippen LogP contribution is -2.33. The van der Waals surface area contributed by atoms with Gasteiger partial charge in [0.1, 0.15) is 0 Å². The average molecular weight is 195 g/mol. The Kier molecular flexibility index (Phi) is 6.98. The first-order valence-electron chi connectivity index (χ1n) is 4.93. The molecule has 0 saturated carbocycles. The fourth-order valence-electron chi connectivity index (χ4n) is 1.07. The summed E-state index contributed by atoms with van der Waals surface area (Å²) in [5, 5.41) is 7.68. The minimum Gasteiger partial charge on any atom is -0.329 e. The van der Waals surface area contributed by atoms with Crippen LogP contribution in [0.3, 0.4) is 0 Å². The van der Waals surface area contributed by atoms with Crippen LogP contribution < -0.4 is 5.73 Å². The highest BCUT2D eigenvalue weighted by atomic mass is 15.1. The van der Waals surface area contributed by atoms with Gasteiger partial charge in [-0.1, -0.05) is 25.2 Å². The van der Waals surface area contributed by atoms with Gasteiger partial charge in [-0.15, -0.1) is 0 Å². The molecule has 0 spiro atoms. The monoisotopic (exact) mass is 195 g/mol. The van der Waals surface area contributed by atoms with Crippen molar-refractivity contribution in [3.05, 3.63) is 24.3 Å². The van der Waals surface area contributed by atoms with E-state index in [4.69, 9.17) is 11.1 Å². The summed E-state index contributed by atoms with van der Waals surface area (Å²) >= 11 is 0. The average Bonchev–Trinajstić information content (AvgIpc) is 2.14. The second-order valence-corrected chi connectivity index (χ2v) is 3.36. The van der Waals surface area contributed by atoms with Crippen molar-refractivity contribution in [1.82, 2.24) is 4.90 Å². The van der Waals surface area contributed by atoms with Crippen molar-refractivity contribution in [3.63, 3.8) is 0 Å². The molecule has 0 bridgehead atoms. The lowest BCUT2D eigenvalue weighted by Gasteiger charge is -2.18. The Labute approximate surface area is 86.8 Å². The van der Waals surface area contributed by atoms with Crippen LogP contribution in [-0.4, -0.2) is 36.8 Å². The van der Waals surface area contributed by atoms with E-state index in [1.807, 2.05) is 13.0 Å². The van der Waals surface area contributed by atoms with E-state index in [1.54, 1.807) is 6.08 Å². The van der Waals surface area contributed by atoms with Crippen molar-refractivity contribution in [2.45, 2.75) is 13.8 Å². The maximum absolute atomic E-state index is 7.68. The summed E-state index contributed by atoms with van der Waals surface area (Å²) in [7, 11) is 0. The van der Waals surface area contributed by atoms with Crippen LogP contribution in [0.15, 0.2) is 24.3 Å². The van der Waals surface area contributed by atoms with E-state index in [0.29, 0.717) is 18.8 Å². The van der Waals surface area contributed by atoms with Gasteiger partial charge in [0.05, 0.1) is 0 Å². The standard InChI is InChI=1S/C11H21N3/c1-4-14(8-7-12)9-11(13)6-5-10(2)3/h5-6,13H,2,4,7-9,12H2,1,3H3. The van der Waals surface area contributed by atoms with Crippen LogP contribution >= 0.6 is 0 Å². The van der Waals surface area contributed by atoms with E-state index >= 15 is 0 Å². The molecule has 0 heterocycles. The molecule has 0 amide bonds. The predicted octanol–water partition coefficient (Wildman–Crippen LogP) is 1.42. The first-order valence-corrected chi connectivity index (χ1v) is 4.93. The van der Waals surface area contributed by atoms with Gasteiger partial charge >= 0.3 is 0 Å². The number of hydrogen-bond donors (Lipinski definition) is 2. The minimum atomic E-state index is 0.600. The Morgan fingerprint density at radius 3 is 2.57 bits per heavy atom. The molecule has 0 radical (unpaired) electrons. The summed E-state index contributed by atoms with van der Waals surface area (Å²) in [6.45, 7) is 10.8. The van der Waals surface area contributed by atoms with Crippen molar-refractivity contribution >= 4 is 5.71 Å². The van der Waals surface area contributed by atoms with E-state index in [9.17, 15) is 0 Å². The first kappa shape index (κ1) is 13.1. The number of nitrogens with two attached hydrogens (primary N) is 1. The lowest BCUT2D eigenvalue weighted by atomic mass is 10.2. The summed E-state index contributed by atoms with van der Waals surface area (Å²) in [5.41, 5.74) is 7.03. The second kappa shape index (κ2) is 7.47. The molecule has 0 unspecified atom stereocenters. The molecule has 3 nitrogen and oxygen atoms in total. The van der Waals surface area contributed by atoms with Crippen LogP contribution in [0, 0.1) is 5.41 Å². The van der Waals surface area contributed by atoms with Gasteiger partial charge in [0.25, 0.3) is 0 Å². The van der Waals surface area contributed by atoms with Gasteiger partial charge in [-0.3, -0.25) is 4.90 Å². The maximum atomic E-state index is 7.68. The number of allylic oxidation sites excluding steroid dienone is 2. The molecule has 80 valence electrons. The Balaban J connectivity index is 3.96. The smallest absolute Gasteiger partial charge is 0.0454 e. The van der Waals surface area contributed by atoms with Gasteiger partial charge in [0.2, 0.25) is 0 Å². The molecule has 0 aliphatic heterocycles. The third-order valence-electron chi connectivity index (χ3n) is 1.86. The van der Waals surface area contributed by atoms with E-state index in [1.165, 1.54) is 0 Å². The van der Waals surface area contributed by atoms with Crippen LogP contribution in [0.2, 0.25) is 0 Å². The molecule has 0 saturated heterocycles. The number of hydrogen-bond acceptors (Lipinski definition) is 3. The van der Waals surface area contributed by atoms with Crippen molar-refractivity contribution in [2.24, 2.45) is 5.73 Å². The Hall–Kier alpha value is -0.930. The quantitative estimate of drug-likeness (QED) is 0.477. The zero-order valence-electron chi connectivity index (χ0n) is 9.21. The molecule has 0 rings (SSSR count). The van der Waals surface area contributed by atoms with Crippen LogP contribution in [0.25, 0.3) is 0 Å². The third-order valence-corrected chi connectivity index (χ3v) is 1.86. The van der Waals surface area contributed by atoms with Crippen LogP contribution in [-0.2, 0) is 0 Å². The Morgan fingerprint density at radius 1 is 1.50 bits per heavy atom. The topological polar surface area (TPSA) is 53.1 Å². The van der Waals surface area contributed by atoms with E-state index in [0.717, 1.165) is 18.7 Å². The van der Waals surface area contributed by atoms with Crippen molar-refractivity contribution in [2.75, 3.05) is 26.2 Å². The van der Waals surface area contributed by atoms with E-state index in [-0.39, 0.29) is 0 Å². The predicted molar refractivity (Wildman–Crippen MR) is 62.8 cm³/mol. The molecular weight excluding hydrogens is 174 g/mol. The molecule has 3 N–H and O–H groups in total. The van der Waals surface area contributed by atoms with Gasteiger partial charge < -0.3 is 11.1 Å². The van der Waals surface area contributed by atoms with Gasteiger partial charge in [0.15, 0.2) is 0 Å². The highest BCUT2D eigenvalue weighted by Crippen LogP contribution is 1.93. The summed E-state index contributed by atoms with van der Waals surface area (Å²) in [6, 6.07) is 0. The molecule has 0 atom stereocenters. The molecular formula is C11H21N3. The second-order valence-electron chi connectivity index (χ2n) is 3.36. The summed E-state index contributed by atoms with van der Waals surface area (Å²) < 4.78 is 0. The molecule has 0 aliphatic rings. The maximum Gasteiger partial charge on any atom is 0.0454 e. The Morgan fingerprint density at radius 2 is 2.14 bits per heavy atom. The zero-order chi connectivity index (χ0) is 11.0. The number of nitrogens with one attached hydrogen (secondary N) is 1. The Bertz CT molecular complexity index is 219. The van der Waals surface area contributed by atoms with Gasteiger partial charge in [-0.05, 0) is 19.5 Å². The minimum absolute atomic E-state index is 0.600. The zero-order valence-corrected chi connectivity index (χ0v) is 9.21. The molecule has 0 aliphatic carbocycles. The summed E-state index contributed by atoms with van der Waals surface area (Å²) in [4.78, 5) is 2.14. The van der Waals surface area contributed by atoms with Crippen LogP contribution in [0.5, 0.6) is 0 Å². The molecule has 0 fully saturated rings. The molecule has 3 heteroatoms. The van der Waals surface area contributed by atoms with E-state index in [2.05, 4.69) is 18.4 Å². The normalized spacial score (nSPS) is 11.1. The van der Waals surface area contributed by atoms with Crippen LogP contribution in [0.4, 0.5) is 0 Å². The molecule has 14 heavy (non-hydrogen) atoms. The van der Waals surface area contributed by atoms with Crippen molar-refractivity contribution < 1.29 is 0 Å². The number of nitrogens with zero attached hydrogens (tertiary/aromatic N) is 1. The molecule has 0 aromatic rings. The van der Waals surface area contributed by atoms with Gasteiger partial charge in [-0.2, -0.15) is 0 Å². The largest absolute Gasteiger partial charge is 0.329 e. The van der Waals surface area contributed by atoms with Crippen LogP contribution in [0.1, 0.15) is 13.8 Å². The lowest BCUT2D eigenvalue weighted by molar-refractivity contribution is 0.337.